The Labute approximate surface area is 121 Å². The van der Waals surface area contributed by atoms with Crippen LogP contribution in [0.2, 0.25) is 5.02 Å². The third kappa shape index (κ3) is 3.61. The molecule has 0 amide bonds. The summed E-state index contributed by atoms with van der Waals surface area (Å²) >= 11 is 5.89. The maximum atomic E-state index is 11.3. The van der Waals surface area contributed by atoms with Crippen LogP contribution in [-0.2, 0) is 9.47 Å². The average molecular weight is 298 g/mol. The Balaban J connectivity index is 2.00. The quantitative estimate of drug-likeness (QED) is 0.847. The first-order chi connectivity index (χ1) is 9.45. The van der Waals surface area contributed by atoms with Gasteiger partial charge in [-0.15, -0.1) is 0 Å². The highest BCUT2D eigenvalue weighted by atomic mass is 35.5. The van der Waals surface area contributed by atoms with Crippen molar-refractivity contribution in [1.82, 2.24) is 9.97 Å². The van der Waals surface area contributed by atoms with Crippen molar-refractivity contribution in [2.75, 3.05) is 6.61 Å². The van der Waals surface area contributed by atoms with Crippen LogP contribution in [0.3, 0.4) is 0 Å². The summed E-state index contributed by atoms with van der Waals surface area (Å²) in [5.74, 6) is 0.527. The molecule has 1 atom stereocenters. The van der Waals surface area contributed by atoms with E-state index >= 15 is 0 Å². The number of hydrogen-bond acceptors (Lipinski definition) is 5. The standard InChI is InChI=1S/C13H16ClN3O3/c1-7(2)20-13(18)19-6-9(15)12-16-10-4-3-8(14)5-11(10)17-12/h3-5,7,9H,6,15H2,1-2H3,(H,16,17)/t9-/m0/s1. The lowest BCUT2D eigenvalue weighted by atomic mass is 10.3. The molecule has 0 unspecified atom stereocenters. The Kier molecular flexibility index (Phi) is 4.46. The van der Waals surface area contributed by atoms with Gasteiger partial charge < -0.3 is 20.2 Å². The number of aromatic nitrogens is 2. The number of carbonyl (C=O) groups excluding carboxylic acids is 1. The molecule has 7 heteroatoms. The monoisotopic (exact) mass is 297 g/mol. The van der Waals surface area contributed by atoms with Crippen LogP contribution in [0.15, 0.2) is 18.2 Å². The van der Waals surface area contributed by atoms with E-state index in [1.165, 1.54) is 0 Å². The number of nitrogens with one attached hydrogen (secondary N) is 1. The summed E-state index contributed by atoms with van der Waals surface area (Å²) in [5, 5.41) is 0.609. The van der Waals surface area contributed by atoms with Gasteiger partial charge in [-0.3, -0.25) is 0 Å². The molecule has 20 heavy (non-hydrogen) atoms. The summed E-state index contributed by atoms with van der Waals surface area (Å²) in [6, 6.07) is 4.74. The van der Waals surface area contributed by atoms with Crippen molar-refractivity contribution >= 4 is 28.8 Å². The smallest absolute Gasteiger partial charge is 0.432 e. The number of rotatable bonds is 4. The third-order valence-electron chi connectivity index (χ3n) is 2.53. The van der Waals surface area contributed by atoms with Gasteiger partial charge in [-0.05, 0) is 32.0 Å². The zero-order valence-corrected chi connectivity index (χ0v) is 12.0. The van der Waals surface area contributed by atoms with Crippen LogP contribution in [0.25, 0.3) is 11.0 Å². The van der Waals surface area contributed by atoms with E-state index in [1.807, 2.05) is 0 Å². The average Bonchev–Trinajstić information content (AvgIpc) is 2.78. The predicted octanol–water partition coefficient (Wildman–Crippen LogP) is 2.78. The SMILES string of the molecule is CC(C)OC(=O)OC[C@H](N)c1nc2ccc(Cl)cc2[nH]1. The van der Waals surface area contributed by atoms with Gasteiger partial charge in [0.1, 0.15) is 12.4 Å². The van der Waals surface area contributed by atoms with Gasteiger partial charge in [0.05, 0.1) is 23.2 Å². The molecule has 2 aromatic rings. The van der Waals surface area contributed by atoms with Crippen LogP contribution in [-0.4, -0.2) is 28.8 Å². The number of H-pyrrole nitrogens is 1. The molecule has 2 rings (SSSR count). The number of halogens is 1. The Hall–Kier alpha value is -1.79. The van der Waals surface area contributed by atoms with E-state index in [1.54, 1.807) is 32.0 Å². The van der Waals surface area contributed by atoms with Crippen molar-refractivity contribution in [3.63, 3.8) is 0 Å². The van der Waals surface area contributed by atoms with E-state index in [0.717, 1.165) is 11.0 Å². The topological polar surface area (TPSA) is 90.2 Å². The van der Waals surface area contributed by atoms with Crippen molar-refractivity contribution in [1.29, 1.82) is 0 Å². The van der Waals surface area contributed by atoms with Gasteiger partial charge in [0.15, 0.2) is 0 Å². The summed E-state index contributed by atoms with van der Waals surface area (Å²) in [5.41, 5.74) is 7.46. The van der Waals surface area contributed by atoms with Crippen LogP contribution < -0.4 is 5.73 Å². The van der Waals surface area contributed by atoms with E-state index in [-0.39, 0.29) is 12.7 Å². The molecule has 0 aliphatic heterocycles. The van der Waals surface area contributed by atoms with Gasteiger partial charge >= 0.3 is 6.16 Å². The molecule has 0 saturated heterocycles. The molecule has 3 N–H and O–H groups in total. The van der Waals surface area contributed by atoms with E-state index in [0.29, 0.717) is 10.8 Å². The van der Waals surface area contributed by atoms with E-state index in [2.05, 4.69) is 9.97 Å². The second-order valence-corrected chi connectivity index (χ2v) is 5.05. The molecule has 0 radical (unpaired) electrons. The largest absolute Gasteiger partial charge is 0.508 e. The van der Waals surface area contributed by atoms with Crippen LogP contribution >= 0.6 is 11.6 Å². The first kappa shape index (κ1) is 14.6. The number of benzene rings is 1. The van der Waals surface area contributed by atoms with Crippen molar-refractivity contribution < 1.29 is 14.3 Å². The molecular formula is C13H16ClN3O3. The number of imidazole rings is 1. The molecule has 0 aliphatic carbocycles. The number of carbonyl (C=O) groups is 1. The summed E-state index contributed by atoms with van der Waals surface area (Å²) in [6.45, 7) is 3.47. The fourth-order valence-corrected chi connectivity index (χ4v) is 1.81. The second-order valence-electron chi connectivity index (χ2n) is 4.62. The van der Waals surface area contributed by atoms with Crippen LogP contribution in [0.1, 0.15) is 25.7 Å². The molecule has 108 valence electrons. The summed E-state index contributed by atoms with van der Waals surface area (Å²) in [6.07, 6.45) is -0.971. The summed E-state index contributed by atoms with van der Waals surface area (Å²) in [4.78, 5) is 18.6. The van der Waals surface area contributed by atoms with Crippen molar-refractivity contribution in [3.8, 4) is 0 Å². The second kappa shape index (κ2) is 6.11. The zero-order valence-electron chi connectivity index (χ0n) is 11.2. The highest BCUT2D eigenvalue weighted by molar-refractivity contribution is 6.31. The Morgan fingerprint density at radius 1 is 1.50 bits per heavy atom. The van der Waals surface area contributed by atoms with Crippen LogP contribution in [0.4, 0.5) is 4.79 Å². The Bertz CT molecular complexity index is 612. The number of ether oxygens (including phenoxy) is 2. The number of nitrogens with two attached hydrogens (primary N) is 1. The maximum absolute atomic E-state index is 11.3. The normalized spacial score (nSPS) is 12.7. The van der Waals surface area contributed by atoms with E-state index < -0.39 is 12.2 Å². The minimum atomic E-state index is -0.741. The molecule has 0 aliphatic rings. The first-order valence-electron chi connectivity index (χ1n) is 6.20. The first-order valence-corrected chi connectivity index (χ1v) is 6.57. The van der Waals surface area contributed by atoms with Crippen molar-refractivity contribution in [2.24, 2.45) is 5.73 Å². The molecule has 0 spiro atoms. The van der Waals surface area contributed by atoms with Gasteiger partial charge in [-0.1, -0.05) is 11.6 Å². The minimum absolute atomic E-state index is 0.0148. The predicted molar refractivity (Wildman–Crippen MR) is 75.6 cm³/mol. The fourth-order valence-electron chi connectivity index (χ4n) is 1.64. The maximum Gasteiger partial charge on any atom is 0.508 e. The van der Waals surface area contributed by atoms with Gasteiger partial charge in [0, 0.05) is 5.02 Å². The molecule has 1 heterocycles. The Morgan fingerprint density at radius 2 is 2.25 bits per heavy atom. The molecule has 1 aromatic heterocycles. The summed E-state index contributed by atoms with van der Waals surface area (Å²) < 4.78 is 9.76. The molecule has 0 fully saturated rings. The fraction of sp³-hybridized carbons (Fsp3) is 0.385. The number of hydrogen-bond donors (Lipinski definition) is 2. The minimum Gasteiger partial charge on any atom is -0.432 e. The molecule has 1 aromatic carbocycles. The molecule has 6 nitrogen and oxygen atoms in total. The van der Waals surface area contributed by atoms with Gasteiger partial charge in [-0.25, -0.2) is 9.78 Å². The molecular weight excluding hydrogens is 282 g/mol. The lowest BCUT2D eigenvalue weighted by Gasteiger charge is -2.11. The van der Waals surface area contributed by atoms with Crippen LogP contribution in [0, 0.1) is 0 Å². The highest BCUT2D eigenvalue weighted by Crippen LogP contribution is 2.19. The zero-order chi connectivity index (χ0) is 14.7. The van der Waals surface area contributed by atoms with E-state index in [9.17, 15) is 4.79 Å². The van der Waals surface area contributed by atoms with Gasteiger partial charge in [-0.2, -0.15) is 0 Å². The summed E-state index contributed by atoms with van der Waals surface area (Å²) in [7, 11) is 0. The van der Waals surface area contributed by atoms with Gasteiger partial charge in [0.2, 0.25) is 0 Å². The lowest BCUT2D eigenvalue weighted by molar-refractivity contribution is 0.0309. The van der Waals surface area contributed by atoms with Crippen molar-refractivity contribution in [2.45, 2.75) is 26.0 Å². The Morgan fingerprint density at radius 3 is 2.95 bits per heavy atom. The third-order valence-corrected chi connectivity index (χ3v) is 2.76. The highest BCUT2D eigenvalue weighted by Gasteiger charge is 2.15. The molecule has 0 saturated carbocycles. The number of fused-ring (bicyclic) bond motifs is 1. The van der Waals surface area contributed by atoms with Crippen molar-refractivity contribution in [3.05, 3.63) is 29.0 Å². The van der Waals surface area contributed by atoms with Crippen LogP contribution in [0.5, 0.6) is 0 Å². The number of aromatic amines is 1. The lowest BCUT2D eigenvalue weighted by Crippen LogP contribution is -2.22. The molecule has 0 bridgehead atoms. The van der Waals surface area contributed by atoms with E-state index in [4.69, 9.17) is 26.8 Å². The van der Waals surface area contributed by atoms with Gasteiger partial charge in [0.25, 0.3) is 0 Å². The number of nitrogens with zero attached hydrogens (tertiary/aromatic N) is 1.